The molecule has 4 heteroatoms. The van der Waals surface area contributed by atoms with Crippen molar-refractivity contribution < 1.29 is 18.9 Å². The largest absolute Gasteiger partial charge is 0.353 e. The van der Waals surface area contributed by atoms with Gasteiger partial charge in [-0.05, 0) is 71.6 Å². The first-order valence-electron chi connectivity index (χ1n) is 10.0. The van der Waals surface area contributed by atoms with Crippen molar-refractivity contribution in [1.29, 1.82) is 0 Å². The predicted octanol–water partition coefficient (Wildman–Crippen LogP) is 5.14. The molecule has 2 atom stereocenters. The molecule has 0 radical (unpaired) electrons. The maximum atomic E-state index is 5.75. The Balaban J connectivity index is 1.50. The molecule has 0 saturated carbocycles. The first-order chi connectivity index (χ1) is 12.2. The van der Waals surface area contributed by atoms with E-state index in [1.54, 1.807) is 0 Å². The Kier molecular flexibility index (Phi) is 10.4. The average Bonchev–Trinajstić information content (AvgIpc) is 2.63. The second-order valence-electron chi connectivity index (χ2n) is 7.21. The number of ether oxygens (including phenoxy) is 4. The molecule has 0 spiro atoms. The fraction of sp³-hybridized carbons (Fsp3) is 0.810. The highest BCUT2D eigenvalue weighted by Gasteiger charge is 2.13. The number of hydrogen-bond donors (Lipinski definition) is 0. The summed E-state index contributed by atoms with van der Waals surface area (Å²) in [5.41, 5.74) is 2.80. The Morgan fingerprint density at radius 3 is 1.68 bits per heavy atom. The Morgan fingerprint density at radius 2 is 1.28 bits per heavy atom. The van der Waals surface area contributed by atoms with Gasteiger partial charge in [-0.25, -0.2) is 0 Å². The molecular weight excluding hydrogens is 316 g/mol. The molecule has 0 aromatic rings. The van der Waals surface area contributed by atoms with E-state index in [0.29, 0.717) is 13.2 Å². The van der Waals surface area contributed by atoms with E-state index in [1.165, 1.54) is 43.3 Å². The molecule has 4 nitrogen and oxygen atoms in total. The van der Waals surface area contributed by atoms with Crippen LogP contribution in [0.15, 0.2) is 23.3 Å². The summed E-state index contributed by atoms with van der Waals surface area (Å²) >= 11 is 0. The third kappa shape index (κ3) is 9.55. The van der Waals surface area contributed by atoms with E-state index >= 15 is 0 Å². The van der Waals surface area contributed by atoms with Crippen molar-refractivity contribution in [1.82, 2.24) is 0 Å². The van der Waals surface area contributed by atoms with E-state index in [9.17, 15) is 0 Å². The molecule has 2 rings (SSSR count). The molecule has 0 aromatic carbocycles. The summed E-state index contributed by atoms with van der Waals surface area (Å²) in [4.78, 5) is 0. The van der Waals surface area contributed by atoms with Gasteiger partial charge >= 0.3 is 0 Å². The summed E-state index contributed by atoms with van der Waals surface area (Å²) in [6, 6.07) is 0. The van der Waals surface area contributed by atoms with E-state index in [2.05, 4.69) is 26.0 Å². The topological polar surface area (TPSA) is 36.9 Å². The monoisotopic (exact) mass is 352 g/mol. The lowest BCUT2D eigenvalue weighted by molar-refractivity contribution is -0.155. The Labute approximate surface area is 153 Å². The highest BCUT2D eigenvalue weighted by molar-refractivity contribution is 5.02. The Hall–Kier alpha value is -0.680. The van der Waals surface area contributed by atoms with Crippen molar-refractivity contribution in [3.05, 3.63) is 23.3 Å². The predicted molar refractivity (Wildman–Crippen MR) is 100 cm³/mol. The van der Waals surface area contributed by atoms with Gasteiger partial charge in [0, 0.05) is 13.2 Å². The van der Waals surface area contributed by atoms with Gasteiger partial charge in [0.15, 0.2) is 12.6 Å². The molecule has 2 saturated heterocycles. The van der Waals surface area contributed by atoms with Gasteiger partial charge in [0.2, 0.25) is 0 Å². The van der Waals surface area contributed by atoms with Crippen LogP contribution in [0.1, 0.15) is 71.6 Å². The van der Waals surface area contributed by atoms with Crippen LogP contribution in [0.5, 0.6) is 0 Å². The highest BCUT2D eigenvalue weighted by atomic mass is 16.7. The summed E-state index contributed by atoms with van der Waals surface area (Å²) in [6.07, 6.45) is 14.7. The minimum Gasteiger partial charge on any atom is -0.353 e. The maximum Gasteiger partial charge on any atom is 0.157 e. The van der Waals surface area contributed by atoms with Crippen LogP contribution in [-0.2, 0) is 18.9 Å². The van der Waals surface area contributed by atoms with Crippen LogP contribution < -0.4 is 0 Å². The SMILES string of the molecule is C/C(=C\COC1CCCCO1)CCC/C(C)=C/COC1CCCCO1. The fourth-order valence-electron chi connectivity index (χ4n) is 3.13. The molecule has 144 valence electrons. The first kappa shape index (κ1) is 20.6. The number of hydrogen-bond acceptors (Lipinski definition) is 4. The smallest absolute Gasteiger partial charge is 0.157 e. The Bertz CT molecular complexity index is 366. The molecule has 0 aromatic heterocycles. The van der Waals surface area contributed by atoms with Gasteiger partial charge in [0.1, 0.15) is 0 Å². The van der Waals surface area contributed by atoms with Crippen LogP contribution >= 0.6 is 0 Å². The van der Waals surface area contributed by atoms with Crippen LogP contribution in [-0.4, -0.2) is 39.0 Å². The van der Waals surface area contributed by atoms with Crippen molar-refractivity contribution in [3.8, 4) is 0 Å². The van der Waals surface area contributed by atoms with Crippen molar-refractivity contribution in [3.63, 3.8) is 0 Å². The second kappa shape index (κ2) is 12.6. The van der Waals surface area contributed by atoms with Crippen molar-refractivity contribution in [2.45, 2.75) is 84.2 Å². The normalized spacial score (nSPS) is 26.0. The maximum absolute atomic E-state index is 5.75. The average molecular weight is 353 g/mol. The lowest BCUT2D eigenvalue weighted by atomic mass is 10.1. The van der Waals surface area contributed by atoms with Crippen LogP contribution in [0.25, 0.3) is 0 Å². The first-order valence-corrected chi connectivity index (χ1v) is 10.0. The fourth-order valence-corrected chi connectivity index (χ4v) is 3.13. The van der Waals surface area contributed by atoms with Gasteiger partial charge in [-0.2, -0.15) is 0 Å². The quantitative estimate of drug-likeness (QED) is 0.510. The minimum atomic E-state index is 0.0103. The third-order valence-corrected chi connectivity index (χ3v) is 4.85. The number of rotatable bonds is 10. The van der Waals surface area contributed by atoms with E-state index < -0.39 is 0 Å². The van der Waals surface area contributed by atoms with Crippen molar-refractivity contribution in [2.24, 2.45) is 0 Å². The zero-order chi connectivity index (χ0) is 17.7. The second-order valence-corrected chi connectivity index (χ2v) is 7.21. The standard InChI is InChI=1S/C21H36O4/c1-18(12-16-24-20-10-3-5-14-22-20)8-7-9-19(2)13-17-25-21-11-4-6-15-23-21/h12-13,20-21H,3-11,14-17H2,1-2H3/b18-12+,19-13+. The zero-order valence-corrected chi connectivity index (χ0v) is 16.1. The highest BCUT2D eigenvalue weighted by Crippen LogP contribution is 2.16. The molecular formula is C21H36O4. The van der Waals surface area contributed by atoms with Gasteiger partial charge in [-0.3, -0.25) is 0 Å². The van der Waals surface area contributed by atoms with Gasteiger partial charge < -0.3 is 18.9 Å². The van der Waals surface area contributed by atoms with Gasteiger partial charge in [0.05, 0.1) is 13.2 Å². The van der Waals surface area contributed by atoms with Crippen LogP contribution in [0.3, 0.4) is 0 Å². The summed E-state index contributed by atoms with van der Waals surface area (Å²) in [7, 11) is 0. The van der Waals surface area contributed by atoms with Crippen LogP contribution in [0.4, 0.5) is 0 Å². The molecule has 2 heterocycles. The Morgan fingerprint density at radius 1 is 0.800 bits per heavy atom. The summed E-state index contributed by atoms with van der Waals surface area (Å²) < 4.78 is 22.7. The molecule has 0 aliphatic carbocycles. The lowest BCUT2D eigenvalue weighted by Crippen LogP contribution is -2.22. The molecule has 2 unspecified atom stereocenters. The van der Waals surface area contributed by atoms with E-state index in [1.807, 2.05) is 0 Å². The van der Waals surface area contributed by atoms with E-state index in [-0.39, 0.29) is 12.6 Å². The van der Waals surface area contributed by atoms with Crippen molar-refractivity contribution >= 4 is 0 Å². The zero-order valence-electron chi connectivity index (χ0n) is 16.1. The van der Waals surface area contributed by atoms with Crippen LogP contribution in [0.2, 0.25) is 0 Å². The third-order valence-electron chi connectivity index (χ3n) is 4.85. The van der Waals surface area contributed by atoms with Crippen molar-refractivity contribution in [2.75, 3.05) is 26.4 Å². The summed E-state index contributed by atoms with van der Waals surface area (Å²) in [6.45, 7) is 7.40. The summed E-state index contributed by atoms with van der Waals surface area (Å²) in [5, 5.41) is 0. The van der Waals surface area contributed by atoms with E-state index in [4.69, 9.17) is 18.9 Å². The van der Waals surface area contributed by atoms with E-state index in [0.717, 1.165) is 38.9 Å². The molecule has 2 aliphatic heterocycles. The molecule has 0 N–H and O–H groups in total. The van der Waals surface area contributed by atoms with Gasteiger partial charge in [-0.1, -0.05) is 23.3 Å². The van der Waals surface area contributed by atoms with Gasteiger partial charge in [-0.15, -0.1) is 0 Å². The van der Waals surface area contributed by atoms with Gasteiger partial charge in [0.25, 0.3) is 0 Å². The minimum absolute atomic E-state index is 0.0103. The number of allylic oxidation sites excluding steroid dienone is 2. The summed E-state index contributed by atoms with van der Waals surface area (Å²) in [5.74, 6) is 0. The molecule has 2 aliphatic rings. The molecule has 25 heavy (non-hydrogen) atoms. The molecule has 0 amide bonds. The molecule has 2 fully saturated rings. The lowest BCUT2D eigenvalue weighted by Gasteiger charge is -2.22. The van der Waals surface area contributed by atoms with Crippen LogP contribution in [0, 0.1) is 0 Å². The molecule has 0 bridgehead atoms.